The number of carbonyl (C=O) groups is 3. The van der Waals surface area contributed by atoms with E-state index in [1.165, 1.54) is 12.1 Å². The monoisotopic (exact) mass is 541 g/mol. The number of piperazine rings is 1. The molecule has 0 aliphatic carbocycles. The molecule has 1 fully saturated rings. The lowest BCUT2D eigenvalue weighted by atomic mass is 9.98. The summed E-state index contributed by atoms with van der Waals surface area (Å²) in [4.78, 5) is 41.9. The molecule has 8 nitrogen and oxygen atoms in total. The fraction of sp³-hybridized carbons (Fsp3) is 0.258. The Morgan fingerprint density at radius 3 is 2.27 bits per heavy atom. The predicted molar refractivity (Wildman–Crippen MR) is 154 cm³/mol. The van der Waals surface area contributed by atoms with Gasteiger partial charge in [-0.15, -0.1) is 0 Å². The van der Waals surface area contributed by atoms with Crippen LogP contribution in [-0.4, -0.2) is 67.8 Å². The van der Waals surface area contributed by atoms with Crippen LogP contribution in [0.1, 0.15) is 33.5 Å². The summed E-state index contributed by atoms with van der Waals surface area (Å²) in [6.45, 7) is 3.08. The molecular weight excluding hydrogens is 509 g/mol. The fourth-order valence-corrected chi connectivity index (χ4v) is 4.93. The highest BCUT2D eigenvalue weighted by molar-refractivity contribution is 6.37. The molecule has 40 heavy (non-hydrogen) atoms. The number of hydrogen-bond donors (Lipinski definition) is 3. The lowest BCUT2D eigenvalue weighted by Crippen LogP contribution is -2.47. The van der Waals surface area contributed by atoms with Crippen molar-refractivity contribution in [1.29, 1.82) is 0 Å². The van der Waals surface area contributed by atoms with Crippen molar-refractivity contribution in [3.05, 3.63) is 94.8 Å². The lowest BCUT2D eigenvalue weighted by molar-refractivity contribution is -0.120. The molecule has 0 aromatic heterocycles. The standard InChI is InChI=1S/C31H32FN5O3/c1-33-27(38)14-5-20-3-6-21(7-4-20)29(28-25-13-10-23(32)19-26(25)35-30(28)39)34-24-11-8-22(9-12-24)31(40)37-17-15-36(2)16-18-37/h3-4,6-13,19,34H,5,14-18H2,1-2H3,(H,33,38)(H,35,39). The molecule has 0 atom stereocenters. The van der Waals surface area contributed by atoms with Crippen molar-refractivity contribution in [3.63, 3.8) is 0 Å². The maximum absolute atomic E-state index is 13.9. The van der Waals surface area contributed by atoms with Crippen LogP contribution in [0.4, 0.5) is 15.8 Å². The van der Waals surface area contributed by atoms with Crippen LogP contribution in [0.2, 0.25) is 0 Å². The molecular formula is C31H32FN5O3. The van der Waals surface area contributed by atoms with Gasteiger partial charge in [0.2, 0.25) is 5.91 Å². The average Bonchev–Trinajstić information content (AvgIpc) is 3.29. The maximum atomic E-state index is 13.9. The minimum Gasteiger partial charge on any atom is -0.359 e. The molecule has 3 amide bonds. The largest absolute Gasteiger partial charge is 0.359 e. The molecule has 0 unspecified atom stereocenters. The highest BCUT2D eigenvalue weighted by Crippen LogP contribution is 2.38. The van der Waals surface area contributed by atoms with Crippen molar-refractivity contribution in [2.24, 2.45) is 0 Å². The van der Waals surface area contributed by atoms with Gasteiger partial charge in [-0.1, -0.05) is 24.3 Å². The van der Waals surface area contributed by atoms with Gasteiger partial charge < -0.3 is 25.8 Å². The van der Waals surface area contributed by atoms with Crippen LogP contribution in [0, 0.1) is 5.82 Å². The Kier molecular flexibility index (Phi) is 7.93. The van der Waals surface area contributed by atoms with Gasteiger partial charge in [-0.3, -0.25) is 14.4 Å². The highest BCUT2D eigenvalue weighted by Gasteiger charge is 2.29. The summed E-state index contributed by atoms with van der Waals surface area (Å²) in [6, 6.07) is 19.1. The molecule has 2 aliphatic rings. The molecule has 0 saturated carbocycles. The fourth-order valence-electron chi connectivity index (χ4n) is 4.93. The van der Waals surface area contributed by atoms with Crippen LogP contribution in [0.5, 0.6) is 0 Å². The van der Waals surface area contributed by atoms with E-state index in [9.17, 15) is 18.8 Å². The van der Waals surface area contributed by atoms with E-state index < -0.39 is 5.82 Å². The van der Waals surface area contributed by atoms with Gasteiger partial charge in [0.1, 0.15) is 5.82 Å². The third-order valence-electron chi connectivity index (χ3n) is 7.33. The van der Waals surface area contributed by atoms with E-state index in [0.29, 0.717) is 59.7 Å². The minimum atomic E-state index is -0.434. The normalized spacial score (nSPS) is 16.3. The Morgan fingerprint density at radius 2 is 1.60 bits per heavy atom. The molecule has 1 saturated heterocycles. The number of hydrogen-bond acceptors (Lipinski definition) is 5. The highest BCUT2D eigenvalue weighted by atomic mass is 19.1. The number of rotatable bonds is 7. The maximum Gasteiger partial charge on any atom is 0.258 e. The molecule has 3 aromatic rings. The van der Waals surface area contributed by atoms with E-state index in [1.807, 2.05) is 48.3 Å². The van der Waals surface area contributed by atoms with E-state index in [0.717, 1.165) is 24.2 Å². The third-order valence-corrected chi connectivity index (χ3v) is 7.33. The van der Waals surface area contributed by atoms with Gasteiger partial charge in [0, 0.05) is 56.5 Å². The van der Waals surface area contributed by atoms with Gasteiger partial charge >= 0.3 is 0 Å². The number of aryl methyl sites for hydroxylation is 1. The summed E-state index contributed by atoms with van der Waals surface area (Å²) < 4.78 is 13.9. The van der Waals surface area contributed by atoms with Gasteiger partial charge in [-0.05, 0) is 67.1 Å². The number of amides is 3. The first-order valence-electron chi connectivity index (χ1n) is 13.3. The SMILES string of the molecule is CNC(=O)CCc1ccc(C(Nc2ccc(C(=O)N3CCN(C)CC3)cc2)=C2C(=O)Nc3cc(F)ccc32)cc1. The van der Waals surface area contributed by atoms with Crippen molar-refractivity contribution in [2.75, 3.05) is 50.9 Å². The zero-order chi connectivity index (χ0) is 28.2. The minimum absolute atomic E-state index is 0.00306. The van der Waals surface area contributed by atoms with Crippen LogP contribution in [0.15, 0.2) is 66.7 Å². The van der Waals surface area contributed by atoms with Gasteiger partial charge in [0.05, 0.1) is 17.0 Å². The second-order valence-corrected chi connectivity index (χ2v) is 10.1. The second-order valence-electron chi connectivity index (χ2n) is 10.1. The number of nitrogens with zero attached hydrogens (tertiary/aromatic N) is 2. The summed E-state index contributed by atoms with van der Waals surface area (Å²) in [7, 11) is 3.66. The zero-order valence-electron chi connectivity index (χ0n) is 22.6. The van der Waals surface area contributed by atoms with Crippen LogP contribution in [-0.2, 0) is 16.0 Å². The number of carbonyl (C=O) groups excluding carboxylic acids is 3. The topological polar surface area (TPSA) is 93.8 Å². The number of fused-ring (bicyclic) bond motifs is 1. The third kappa shape index (κ3) is 5.89. The average molecular weight is 542 g/mol. The van der Waals surface area contributed by atoms with Crippen molar-refractivity contribution < 1.29 is 18.8 Å². The van der Waals surface area contributed by atoms with Crippen molar-refractivity contribution >= 4 is 40.4 Å². The zero-order valence-corrected chi connectivity index (χ0v) is 22.6. The number of anilines is 2. The number of likely N-dealkylation sites (N-methyl/N-ethyl adjacent to an activating group) is 1. The smallest absolute Gasteiger partial charge is 0.258 e. The van der Waals surface area contributed by atoms with E-state index in [1.54, 1.807) is 25.2 Å². The van der Waals surface area contributed by atoms with Crippen LogP contribution in [0.25, 0.3) is 11.3 Å². The van der Waals surface area contributed by atoms with E-state index in [-0.39, 0.29) is 17.7 Å². The summed E-state index contributed by atoms with van der Waals surface area (Å²) in [5.41, 5.74) is 5.00. The van der Waals surface area contributed by atoms with Crippen molar-refractivity contribution in [1.82, 2.24) is 15.1 Å². The van der Waals surface area contributed by atoms with Crippen LogP contribution >= 0.6 is 0 Å². The summed E-state index contributed by atoms with van der Waals surface area (Å²) in [5.74, 6) is -0.809. The molecule has 5 rings (SSSR count). The summed E-state index contributed by atoms with van der Waals surface area (Å²) >= 11 is 0. The van der Waals surface area contributed by atoms with Crippen molar-refractivity contribution in [3.8, 4) is 0 Å². The van der Waals surface area contributed by atoms with Gasteiger partial charge in [-0.2, -0.15) is 0 Å². The molecule has 206 valence electrons. The van der Waals surface area contributed by atoms with Crippen LogP contribution < -0.4 is 16.0 Å². The Hall–Kier alpha value is -4.50. The van der Waals surface area contributed by atoms with Crippen LogP contribution in [0.3, 0.4) is 0 Å². The van der Waals surface area contributed by atoms with Crippen molar-refractivity contribution in [2.45, 2.75) is 12.8 Å². The van der Waals surface area contributed by atoms with E-state index in [4.69, 9.17) is 0 Å². The number of halogens is 1. The molecule has 2 heterocycles. The molecule has 0 radical (unpaired) electrons. The van der Waals surface area contributed by atoms with Gasteiger partial charge in [-0.25, -0.2) is 4.39 Å². The Bertz CT molecular complexity index is 1460. The Labute approximate surface area is 232 Å². The Balaban J connectivity index is 1.45. The van der Waals surface area contributed by atoms with Gasteiger partial charge in [0.15, 0.2) is 0 Å². The summed E-state index contributed by atoms with van der Waals surface area (Å²) in [6.07, 6.45) is 0.966. The molecule has 3 N–H and O–H groups in total. The second kappa shape index (κ2) is 11.7. The van der Waals surface area contributed by atoms with E-state index >= 15 is 0 Å². The molecule has 3 aromatic carbocycles. The van der Waals surface area contributed by atoms with Gasteiger partial charge in [0.25, 0.3) is 11.8 Å². The molecule has 0 spiro atoms. The van der Waals surface area contributed by atoms with E-state index in [2.05, 4.69) is 20.9 Å². The Morgan fingerprint density at radius 1 is 0.925 bits per heavy atom. The summed E-state index contributed by atoms with van der Waals surface area (Å²) in [5, 5.41) is 8.77. The first-order chi connectivity index (χ1) is 19.3. The molecule has 0 bridgehead atoms. The quantitative estimate of drug-likeness (QED) is 0.396. The molecule has 2 aliphatic heterocycles. The predicted octanol–water partition coefficient (Wildman–Crippen LogP) is 3.82. The molecule has 9 heteroatoms. The lowest BCUT2D eigenvalue weighted by Gasteiger charge is -2.32. The first-order valence-corrected chi connectivity index (χ1v) is 13.3. The number of benzene rings is 3. The first kappa shape index (κ1) is 27.1. The number of nitrogens with one attached hydrogen (secondary N) is 3.